The monoisotopic (exact) mass is 252 g/mol. The van der Waals surface area contributed by atoms with Gasteiger partial charge in [-0.3, -0.25) is 4.79 Å². The molecule has 0 radical (unpaired) electrons. The van der Waals surface area contributed by atoms with Gasteiger partial charge in [0.25, 0.3) is 0 Å². The van der Waals surface area contributed by atoms with Gasteiger partial charge >= 0.3 is 5.97 Å². The summed E-state index contributed by atoms with van der Waals surface area (Å²) < 4.78 is 0. The van der Waals surface area contributed by atoms with Crippen molar-refractivity contribution in [2.75, 3.05) is 26.2 Å². The van der Waals surface area contributed by atoms with Crippen molar-refractivity contribution in [2.24, 2.45) is 17.3 Å². The second-order valence-electron chi connectivity index (χ2n) is 6.74. The average molecular weight is 252 g/mol. The van der Waals surface area contributed by atoms with Gasteiger partial charge in [-0.15, -0.1) is 0 Å². The molecule has 3 rings (SSSR count). The fraction of sp³-hybridized carbons (Fsp3) is 0.929. The number of likely N-dealkylation sites (tertiary alicyclic amines) is 1. The zero-order valence-corrected chi connectivity index (χ0v) is 11.2. The molecule has 4 nitrogen and oxygen atoms in total. The van der Waals surface area contributed by atoms with Gasteiger partial charge in [0.05, 0.1) is 5.41 Å². The van der Waals surface area contributed by atoms with E-state index in [1.54, 1.807) is 0 Å². The van der Waals surface area contributed by atoms with Gasteiger partial charge in [-0.2, -0.15) is 0 Å². The highest BCUT2D eigenvalue weighted by Crippen LogP contribution is 2.45. The Hall–Kier alpha value is -0.610. The minimum Gasteiger partial charge on any atom is -0.481 e. The van der Waals surface area contributed by atoms with Crippen LogP contribution in [0.15, 0.2) is 0 Å². The number of hydrogen-bond acceptors (Lipinski definition) is 3. The van der Waals surface area contributed by atoms with Gasteiger partial charge in [-0.25, -0.2) is 0 Å². The number of carboxylic acid groups (broad SMARTS) is 1. The number of piperidine rings is 1. The van der Waals surface area contributed by atoms with Crippen LogP contribution in [0.1, 0.15) is 32.6 Å². The van der Waals surface area contributed by atoms with Crippen LogP contribution in [-0.2, 0) is 4.79 Å². The van der Waals surface area contributed by atoms with Crippen LogP contribution in [0.5, 0.6) is 0 Å². The lowest BCUT2D eigenvalue weighted by Gasteiger charge is -2.51. The maximum absolute atomic E-state index is 11.1. The molecular formula is C14H24N2O2. The Morgan fingerprint density at radius 1 is 1.33 bits per heavy atom. The molecule has 2 heterocycles. The third kappa shape index (κ3) is 2.05. The highest BCUT2D eigenvalue weighted by Gasteiger charge is 2.49. The summed E-state index contributed by atoms with van der Waals surface area (Å²) in [5.74, 6) is 1.10. The number of aliphatic carboxylic acids is 1. The van der Waals surface area contributed by atoms with Gasteiger partial charge < -0.3 is 15.3 Å². The van der Waals surface area contributed by atoms with Gasteiger partial charge in [0.2, 0.25) is 0 Å². The lowest BCUT2D eigenvalue weighted by molar-refractivity contribution is -0.158. The highest BCUT2D eigenvalue weighted by atomic mass is 16.4. The smallest absolute Gasteiger partial charge is 0.309 e. The Labute approximate surface area is 109 Å². The SMILES string of the molecule is CC1(C(=O)O)CC(N2CCC[C@H](C3CNC3)C2)C1. The van der Waals surface area contributed by atoms with Crippen LogP contribution < -0.4 is 5.32 Å². The molecule has 0 aromatic carbocycles. The number of carbonyl (C=O) groups is 1. The van der Waals surface area contributed by atoms with E-state index in [1.807, 2.05) is 6.92 Å². The second-order valence-corrected chi connectivity index (χ2v) is 6.74. The summed E-state index contributed by atoms with van der Waals surface area (Å²) in [6, 6.07) is 0.530. The molecule has 1 saturated carbocycles. The minimum absolute atomic E-state index is 0.449. The van der Waals surface area contributed by atoms with Gasteiger partial charge in [-0.05, 0) is 64.1 Å². The van der Waals surface area contributed by atoms with E-state index in [4.69, 9.17) is 5.11 Å². The third-order valence-corrected chi connectivity index (χ3v) is 5.37. The lowest BCUT2D eigenvalue weighted by atomic mass is 9.65. The van der Waals surface area contributed by atoms with Gasteiger partial charge in [0, 0.05) is 12.6 Å². The summed E-state index contributed by atoms with van der Waals surface area (Å²) in [5.41, 5.74) is -0.449. The Bertz CT molecular complexity index is 335. The molecule has 102 valence electrons. The van der Waals surface area contributed by atoms with Crippen molar-refractivity contribution in [3.05, 3.63) is 0 Å². The first-order chi connectivity index (χ1) is 8.58. The predicted molar refractivity (Wildman–Crippen MR) is 69.4 cm³/mol. The van der Waals surface area contributed by atoms with Crippen molar-refractivity contribution in [2.45, 2.75) is 38.6 Å². The number of nitrogens with zero attached hydrogens (tertiary/aromatic N) is 1. The molecule has 0 amide bonds. The van der Waals surface area contributed by atoms with Crippen LogP contribution in [-0.4, -0.2) is 48.2 Å². The zero-order valence-electron chi connectivity index (χ0n) is 11.2. The van der Waals surface area contributed by atoms with Crippen molar-refractivity contribution in [3.8, 4) is 0 Å². The quantitative estimate of drug-likeness (QED) is 0.792. The summed E-state index contributed by atoms with van der Waals surface area (Å²) in [7, 11) is 0. The molecule has 0 aromatic rings. The molecule has 3 aliphatic rings. The van der Waals surface area contributed by atoms with Crippen LogP contribution in [0.25, 0.3) is 0 Å². The molecule has 0 unspecified atom stereocenters. The molecule has 0 spiro atoms. The van der Waals surface area contributed by atoms with E-state index >= 15 is 0 Å². The molecule has 4 heteroatoms. The molecule has 0 aromatic heterocycles. The molecule has 1 atom stereocenters. The Morgan fingerprint density at radius 3 is 2.61 bits per heavy atom. The molecule has 18 heavy (non-hydrogen) atoms. The van der Waals surface area contributed by atoms with E-state index in [0.717, 1.165) is 24.7 Å². The summed E-state index contributed by atoms with van der Waals surface area (Å²) in [4.78, 5) is 13.7. The van der Waals surface area contributed by atoms with Crippen molar-refractivity contribution in [3.63, 3.8) is 0 Å². The molecule has 3 fully saturated rings. The maximum Gasteiger partial charge on any atom is 0.309 e. The minimum atomic E-state index is -0.615. The third-order valence-electron chi connectivity index (χ3n) is 5.37. The number of nitrogens with one attached hydrogen (secondary N) is 1. The van der Waals surface area contributed by atoms with E-state index in [0.29, 0.717) is 6.04 Å². The molecule has 1 aliphatic carbocycles. The molecule has 2 N–H and O–H groups in total. The van der Waals surface area contributed by atoms with Gasteiger partial charge in [-0.1, -0.05) is 0 Å². The van der Waals surface area contributed by atoms with E-state index < -0.39 is 11.4 Å². The van der Waals surface area contributed by atoms with Crippen LogP contribution in [0.3, 0.4) is 0 Å². The zero-order chi connectivity index (χ0) is 12.8. The fourth-order valence-corrected chi connectivity index (χ4v) is 3.81. The van der Waals surface area contributed by atoms with Crippen LogP contribution >= 0.6 is 0 Å². The van der Waals surface area contributed by atoms with Gasteiger partial charge in [0.1, 0.15) is 0 Å². The average Bonchev–Trinajstić information content (AvgIpc) is 2.22. The van der Waals surface area contributed by atoms with E-state index in [1.165, 1.54) is 39.0 Å². The predicted octanol–water partition coefficient (Wildman–Crippen LogP) is 1.17. The largest absolute Gasteiger partial charge is 0.481 e. The summed E-state index contributed by atoms with van der Waals surface area (Å²) >= 11 is 0. The summed E-state index contributed by atoms with van der Waals surface area (Å²) in [6.45, 7) is 6.65. The topological polar surface area (TPSA) is 52.6 Å². The maximum atomic E-state index is 11.1. The van der Waals surface area contributed by atoms with Crippen molar-refractivity contribution in [1.29, 1.82) is 0 Å². The Morgan fingerprint density at radius 2 is 2.06 bits per heavy atom. The molecule has 0 bridgehead atoms. The normalized spacial score (nSPS) is 42.1. The van der Waals surface area contributed by atoms with Gasteiger partial charge in [0.15, 0.2) is 0 Å². The first-order valence-electron chi connectivity index (χ1n) is 7.27. The van der Waals surface area contributed by atoms with Crippen molar-refractivity contribution >= 4 is 5.97 Å². The lowest BCUT2D eigenvalue weighted by Crippen LogP contribution is -2.57. The first-order valence-corrected chi connectivity index (χ1v) is 7.27. The molecule has 2 saturated heterocycles. The summed E-state index contributed by atoms with van der Waals surface area (Å²) in [5, 5.41) is 12.5. The Kier molecular flexibility index (Phi) is 3.10. The van der Waals surface area contributed by atoms with Crippen LogP contribution in [0, 0.1) is 17.3 Å². The molecular weight excluding hydrogens is 228 g/mol. The Balaban J connectivity index is 1.53. The second kappa shape index (κ2) is 4.49. The number of rotatable bonds is 3. The van der Waals surface area contributed by atoms with Crippen LogP contribution in [0.4, 0.5) is 0 Å². The van der Waals surface area contributed by atoms with Crippen LogP contribution in [0.2, 0.25) is 0 Å². The van der Waals surface area contributed by atoms with Crippen molar-refractivity contribution < 1.29 is 9.90 Å². The molecule has 2 aliphatic heterocycles. The highest BCUT2D eigenvalue weighted by molar-refractivity contribution is 5.75. The summed E-state index contributed by atoms with van der Waals surface area (Å²) in [6.07, 6.45) is 4.35. The number of carboxylic acids is 1. The number of hydrogen-bond donors (Lipinski definition) is 2. The van der Waals surface area contributed by atoms with E-state index in [9.17, 15) is 4.79 Å². The van der Waals surface area contributed by atoms with E-state index in [-0.39, 0.29) is 0 Å². The van der Waals surface area contributed by atoms with Crippen molar-refractivity contribution in [1.82, 2.24) is 10.2 Å². The van der Waals surface area contributed by atoms with E-state index in [2.05, 4.69) is 10.2 Å². The first kappa shape index (κ1) is 12.4. The standard InChI is InChI=1S/C14H24N2O2/c1-14(13(17)18)5-12(6-14)16-4-2-3-10(9-16)11-7-15-8-11/h10-12,15H,2-9H2,1H3,(H,17,18)/t10-,12?,14?/m0/s1. The fourth-order valence-electron chi connectivity index (χ4n) is 3.81.